The Balaban J connectivity index is 2.49. The third-order valence-electron chi connectivity index (χ3n) is 2.45. The highest BCUT2D eigenvalue weighted by Gasteiger charge is 2.15. The van der Waals surface area contributed by atoms with Crippen LogP contribution >= 0.6 is 0 Å². The van der Waals surface area contributed by atoms with Crippen LogP contribution in [0.1, 0.15) is 33.1 Å². The lowest BCUT2D eigenvalue weighted by Gasteiger charge is -2.16. The van der Waals surface area contributed by atoms with E-state index in [9.17, 15) is 4.79 Å². The largest absolute Gasteiger partial charge is 0.295 e. The zero-order chi connectivity index (χ0) is 8.27. The normalized spacial score (nSPS) is 25.7. The molecular formula is C10H16O. The van der Waals surface area contributed by atoms with Crippen molar-refractivity contribution >= 4 is 5.78 Å². The first-order valence-electron chi connectivity index (χ1n) is 4.39. The van der Waals surface area contributed by atoms with E-state index in [0.29, 0.717) is 11.7 Å². The van der Waals surface area contributed by atoms with Gasteiger partial charge in [0.15, 0.2) is 5.78 Å². The predicted octanol–water partition coefficient (Wildman–Crippen LogP) is 2.57. The van der Waals surface area contributed by atoms with Gasteiger partial charge in [0, 0.05) is 6.42 Å². The van der Waals surface area contributed by atoms with Crippen molar-refractivity contribution in [2.24, 2.45) is 11.8 Å². The van der Waals surface area contributed by atoms with Crippen LogP contribution in [0, 0.1) is 11.8 Å². The number of ketones is 1. The first-order chi connectivity index (χ1) is 5.20. The van der Waals surface area contributed by atoms with E-state index in [1.165, 1.54) is 0 Å². The SMILES string of the molecule is CC(C)[C@H]1CC=CC(=O)CC1. The van der Waals surface area contributed by atoms with E-state index >= 15 is 0 Å². The van der Waals surface area contributed by atoms with Crippen molar-refractivity contribution in [2.45, 2.75) is 33.1 Å². The van der Waals surface area contributed by atoms with Gasteiger partial charge in [0.2, 0.25) is 0 Å². The predicted molar refractivity (Wildman–Crippen MR) is 46.3 cm³/mol. The first-order valence-corrected chi connectivity index (χ1v) is 4.39. The average Bonchev–Trinajstić information content (AvgIpc) is 2.13. The average molecular weight is 152 g/mol. The van der Waals surface area contributed by atoms with Crippen molar-refractivity contribution in [3.63, 3.8) is 0 Å². The van der Waals surface area contributed by atoms with Crippen LogP contribution in [0.5, 0.6) is 0 Å². The number of allylic oxidation sites excluding steroid dienone is 2. The maximum Gasteiger partial charge on any atom is 0.155 e. The first kappa shape index (κ1) is 8.51. The highest BCUT2D eigenvalue weighted by atomic mass is 16.1. The summed E-state index contributed by atoms with van der Waals surface area (Å²) in [7, 11) is 0. The van der Waals surface area contributed by atoms with Gasteiger partial charge in [-0.15, -0.1) is 0 Å². The fourth-order valence-corrected chi connectivity index (χ4v) is 1.51. The Morgan fingerprint density at radius 3 is 2.91 bits per heavy atom. The molecule has 0 bridgehead atoms. The Morgan fingerprint density at radius 2 is 2.27 bits per heavy atom. The van der Waals surface area contributed by atoms with Gasteiger partial charge >= 0.3 is 0 Å². The highest BCUT2D eigenvalue weighted by molar-refractivity contribution is 5.89. The number of carbonyl (C=O) groups excluding carboxylic acids is 1. The molecule has 0 N–H and O–H groups in total. The molecule has 0 saturated heterocycles. The van der Waals surface area contributed by atoms with E-state index in [-0.39, 0.29) is 0 Å². The standard InChI is InChI=1S/C10H16O/c1-8(2)9-4-3-5-10(11)7-6-9/h3,5,8-9H,4,6-7H2,1-2H3/t9-/m0/s1. The number of rotatable bonds is 1. The molecule has 0 aromatic carbocycles. The third-order valence-corrected chi connectivity index (χ3v) is 2.45. The van der Waals surface area contributed by atoms with Gasteiger partial charge in [-0.3, -0.25) is 4.79 Å². The zero-order valence-electron chi connectivity index (χ0n) is 7.34. The Morgan fingerprint density at radius 1 is 1.55 bits per heavy atom. The number of hydrogen-bond donors (Lipinski definition) is 0. The van der Waals surface area contributed by atoms with Gasteiger partial charge in [-0.05, 0) is 30.8 Å². The minimum atomic E-state index is 0.299. The fourth-order valence-electron chi connectivity index (χ4n) is 1.51. The molecule has 1 rings (SSSR count). The van der Waals surface area contributed by atoms with Crippen LogP contribution in [0.2, 0.25) is 0 Å². The van der Waals surface area contributed by atoms with Gasteiger partial charge in [0.25, 0.3) is 0 Å². The summed E-state index contributed by atoms with van der Waals surface area (Å²) in [6.45, 7) is 4.46. The molecule has 11 heavy (non-hydrogen) atoms. The Kier molecular flexibility index (Phi) is 2.86. The zero-order valence-corrected chi connectivity index (χ0v) is 7.34. The number of hydrogen-bond acceptors (Lipinski definition) is 1. The summed E-state index contributed by atoms with van der Waals surface area (Å²) in [4.78, 5) is 11.0. The summed E-state index contributed by atoms with van der Waals surface area (Å²) in [6.07, 6.45) is 6.68. The van der Waals surface area contributed by atoms with Crippen molar-refractivity contribution in [2.75, 3.05) is 0 Å². The van der Waals surface area contributed by atoms with Crippen LogP contribution in [-0.2, 0) is 4.79 Å². The molecule has 0 amide bonds. The highest BCUT2D eigenvalue weighted by Crippen LogP contribution is 2.23. The van der Waals surface area contributed by atoms with Crippen LogP contribution in [0.4, 0.5) is 0 Å². The third kappa shape index (κ3) is 2.49. The van der Waals surface area contributed by atoms with Crippen LogP contribution in [0.25, 0.3) is 0 Å². The molecular weight excluding hydrogens is 136 g/mol. The molecule has 0 unspecified atom stereocenters. The lowest BCUT2D eigenvalue weighted by molar-refractivity contribution is -0.114. The van der Waals surface area contributed by atoms with E-state index in [1.807, 2.05) is 6.08 Å². The van der Waals surface area contributed by atoms with Gasteiger partial charge < -0.3 is 0 Å². The monoisotopic (exact) mass is 152 g/mol. The lowest BCUT2D eigenvalue weighted by atomic mass is 9.89. The summed E-state index contributed by atoms with van der Waals surface area (Å²) in [5.74, 6) is 1.73. The topological polar surface area (TPSA) is 17.1 Å². The quantitative estimate of drug-likeness (QED) is 0.564. The van der Waals surface area contributed by atoms with Crippen molar-refractivity contribution in [1.82, 2.24) is 0 Å². The van der Waals surface area contributed by atoms with Gasteiger partial charge in [0.1, 0.15) is 0 Å². The Bertz CT molecular complexity index is 168. The molecule has 0 radical (unpaired) electrons. The summed E-state index contributed by atoms with van der Waals surface area (Å²) >= 11 is 0. The van der Waals surface area contributed by atoms with Crippen LogP contribution in [0.3, 0.4) is 0 Å². The van der Waals surface area contributed by atoms with Gasteiger partial charge in [-0.1, -0.05) is 19.9 Å². The Hall–Kier alpha value is -0.590. The molecule has 1 atom stereocenters. The maximum absolute atomic E-state index is 11.0. The van der Waals surface area contributed by atoms with E-state index in [4.69, 9.17) is 0 Å². The molecule has 1 aliphatic carbocycles. The second-order valence-electron chi connectivity index (χ2n) is 3.65. The molecule has 1 heteroatoms. The molecule has 0 aliphatic heterocycles. The second kappa shape index (κ2) is 3.70. The van der Waals surface area contributed by atoms with E-state index in [1.54, 1.807) is 6.08 Å². The fraction of sp³-hybridized carbons (Fsp3) is 0.700. The summed E-state index contributed by atoms with van der Waals surface area (Å²) in [6, 6.07) is 0. The molecule has 0 aromatic heterocycles. The van der Waals surface area contributed by atoms with E-state index < -0.39 is 0 Å². The summed E-state index contributed by atoms with van der Waals surface area (Å²) in [5, 5.41) is 0. The minimum absolute atomic E-state index is 0.299. The maximum atomic E-state index is 11.0. The second-order valence-corrected chi connectivity index (χ2v) is 3.65. The molecule has 0 saturated carbocycles. The molecule has 0 aromatic rings. The molecule has 0 fully saturated rings. The lowest BCUT2D eigenvalue weighted by Crippen LogP contribution is -2.07. The summed E-state index contributed by atoms with van der Waals surface area (Å²) in [5.41, 5.74) is 0. The smallest absolute Gasteiger partial charge is 0.155 e. The Labute approximate surface area is 68.5 Å². The van der Waals surface area contributed by atoms with Gasteiger partial charge in [-0.25, -0.2) is 0 Å². The summed E-state index contributed by atoms with van der Waals surface area (Å²) < 4.78 is 0. The molecule has 62 valence electrons. The van der Waals surface area contributed by atoms with Crippen LogP contribution in [0.15, 0.2) is 12.2 Å². The number of carbonyl (C=O) groups is 1. The van der Waals surface area contributed by atoms with Crippen LogP contribution in [-0.4, -0.2) is 5.78 Å². The van der Waals surface area contributed by atoms with Crippen molar-refractivity contribution < 1.29 is 4.79 Å². The minimum Gasteiger partial charge on any atom is -0.295 e. The molecule has 1 aliphatic rings. The van der Waals surface area contributed by atoms with Crippen molar-refractivity contribution in [1.29, 1.82) is 0 Å². The van der Waals surface area contributed by atoms with Crippen LogP contribution < -0.4 is 0 Å². The molecule has 0 heterocycles. The van der Waals surface area contributed by atoms with Crippen molar-refractivity contribution in [3.8, 4) is 0 Å². The van der Waals surface area contributed by atoms with Gasteiger partial charge in [-0.2, -0.15) is 0 Å². The van der Waals surface area contributed by atoms with Gasteiger partial charge in [0.05, 0.1) is 0 Å². The van der Waals surface area contributed by atoms with E-state index in [0.717, 1.165) is 25.2 Å². The molecule has 1 nitrogen and oxygen atoms in total. The van der Waals surface area contributed by atoms with Crippen molar-refractivity contribution in [3.05, 3.63) is 12.2 Å². The molecule has 0 spiro atoms. The van der Waals surface area contributed by atoms with E-state index in [2.05, 4.69) is 13.8 Å².